The van der Waals surface area contributed by atoms with Crippen LogP contribution in [-0.2, 0) is 9.53 Å². The number of ether oxygens (including phenoxy) is 3. The van der Waals surface area contributed by atoms with Gasteiger partial charge in [-0.1, -0.05) is 12.1 Å². The molecule has 1 aromatic heterocycles. The van der Waals surface area contributed by atoms with Crippen molar-refractivity contribution in [3.05, 3.63) is 48.3 Å². The van der Waals surface area contributed by atoms with E-state index in [9.17, 15) is 4.79 Å². The summed E-state index contributed by atoms with van der Waals surface area (Å²) >= 11 is 0. The van der Waals surface area contributed by atoms with Crippen LogP contribution >= 0.6 is 0 Å². The van der Waals surface area contributed by atoms with E-state index in [1.54, 1.807) is 34.4 Å². The van der Waals surface area contributed by atoms with Crippen molar-refractivity contribution >= 4 is 28.3 Å². The molecule has 0 aliphatic carbocycles. The van der Waals surface area contributed by atoms with E-state index in [2.05, 4.69) is 9.98 Å². The van der Waals surface area contributed by atoms with Gasteiger partial charge in [-0.3, -0.25) is 9.79 Å². The van der Waals surface area contributed by atoms with E-state index in [1.165, 1.54) is 0 Å². The third-order valence-electron chi connectivity index (χ3n) is 6.07. The van der Waals surface area contributed by atoms with Gasteiger partial charge in [0.05, 0.1) is 30.9 Å². The highest BCUT2D eigenvalue weighted by molar-refractivity contribution is 6.27. The minimum absolute atomic E-state index is 0.0102. The van der Waals surface area contributed by atoms with Crippen LogP contribution in [0.2, 0.25) is 0 Å². The fourth-order valence-corrected chi connectivity index (χ4v) is 4.38. The Bertz CT molecular complexity index is 1120. The summed E-state index contributed by atoms with van der Waals surface area (Å²) in [5.41, 5.74) is 1.55. The molecular weight excluding hydrogens is 408 g/mol. The van der Waals surface area contributed by atoms with Crippen LogP contribution < -0.4 is 14.4 Å². The smallest absolute Gasteiger partial charge is 0.176 e. The van der Waals surface area contributed by atoms with Crippen LogP contribution in [0.3, 0.4) is 0 Å². The van der Waals surface area contributed by atoms with Crippen LogP contribution in [0.25, 0.3) is 11.0 Å². The number of imidazole rings is 1. The highest BCUT2D eigenvalue weighted by atomic mass is 16.5. The number of H-pyrrole nitrogens is 1. The number of fused-ring (bicyclic) bond motifs is 1. The van der Waals surface area contributed by atoms with Crippen molar-refractivity contribution in [1.29, 1.82) is 0 Å². The first-order valence-electron chi connectivity index (χ1n) is 10.4. The van der Waals surface area contributed by atoms with Gasteiger partial charge < -0.3 is 24.1 Å². The van der Waals surface area contributed by atoms with E-state index in [1.807, 2.05) is 48.2 Å². The van der Waals surface area contributed by atoms with E-state index >= 15 is 0 Å². The molecule has 1 N–H and O–H groups in total. The summed E-state index contributed by atoms with van der Waals surface area (Å²) in [6.45, 7) is 2.35. The van der Waals surface area contributed by atoms with Gasteiger partial charge in [-0.2, -0.15) is 0 Å². The van der Waals surface area contributed by atoms with Gasteiger partial charge in [0.1, 0.15) is 34.6 Å². The van der Waals surface area contributed by atoms with Crippen LogP contribution in [0.4, 0.5) is 5.69 Å². The number of ketones is 1. The molecule has 2 heterocycles. The number of para-hydroxylation sites is 2. The van der Waals surface area contributed by atoms with E-state index in [-0.39, 0.29) is 5.78 Å². The molecule has 3 aromatic rings. The van der Waals surface area contributed by atoms with Crippen molar-refractivity contribution in [3.8, 4) is 11.5 Å². The molecule has 168 valence electrons. The zero-order valence-corrected chi connectivity index (χ0v) is 19.0. The van der Waals surface area contributed by atoms with E-state index in [0.717, 1.165) is 16.7 Å². The first-order valence-corrected chi connectivity index (χ1v) is 10.4. The minimum Gasteiger partial charge on any atom is -0.497 e. The lowest BCUT2D eigenvalue weighted by molar-refractivity contribution is -0.122. The molecule has 2 aromatic carbocycles. The number of aromatic nitrogens is 2. The molecule has 2 unspecified atom stereocenters. The van der Waals surface area contributed by atoms with Gasteiger partial charge in [0.15, 0.2) is 5.78 Å². The molecule has 0 bridgehead atoms. The Morgan fingerprint density at radius 2 is 1.81 bits per heavy atom. The maximum absolute atomic E-state index is 14.0. The van der Waals surface area contributed by atoms with Crippen LogP contribution in [-0.4, -0.2) is 62.1 Å². The zero-order valence-electron chi connectivity index (χ0n) is 19.0. The quantitative estimate of drug-likeness (QED) is 0.609. The zero-order chi connectivity index (χ0) is 22.9. The van der Waals surface area contributed by atoms with Gasteiger partial charge in [-0.05, 0) is 19.1 Å². The van der Waals surface area contributed by atoms with Crippen LogP contribution in [0, 0.1) is 0 Å². The molecule has 1 fully saturated rings. The first kappa shape index (κ1) is 21.8. The Hall–Kier alpha value is -3.39. The standard InChI is InChI=1S/C24H28N4O4/c1-24(10-11-30-3)21(29)20(22-26-18-8-6-7-9-19(18)27-22)23(25-2)28(24)15-12-16(31-4)14-17(13-15)32-5/h6-9,12-14,20H,10-11H2,1-5H3,(H,26,27). The molecule has 4 rings (SSSR count). The van der Waals surface area contributed by atoms with Crippen LogP contribution in [0.5, 0.6) is 11.5 Å². The summed E-state index contributed by atoms with van der Waals surface area (Å²) in [6.07, 6.45) is 0.484. The maximum atomic E-state index is 14.0. The molecule has 0 saturated carbocycles. The number of Topliss-reactive ketones (excluding diaryl/α,β-unsaturated/α-hetero) is 1. The average molecular weight is 437 g/mol. The average Bonchev–Trinajstić information content (AvgIpc) is 3.33. The summed E-state index contributed by atoms with van der Waals surface area (Å²) < 4.78 is 16.3. The van der Waals surface area contributed by atoms with Crippen LogP contribution in [0.15, 0.2) is 47.5 Å². The normalized spacial score (nSPS) is 22.2. The number of benzene rings is 2. The summed E-state index contributed by atoms with van der Waals surface area (Å²) in [6, 6.07) is 13.3. The summed E-state index contributed by atoms with van der Waals surface area (Å²) in [5.74, 6) is 1.83. The predicted molar refractivity (Wildman–Crippen MR) is 124 cm³/mol. The number of anilines is 1. The minimum atomic E-state index is -0.897. The number of carbonyl (C=O) groups excluding carboxylic acids is 1. The lowest BCUT2D eigenvalue weighted by Gasteiger charge is -2.35. The number of hydrogen-bond acceptors (Lipinski definition) is 6. The number of rotatable bonds is 7. The largest absolute Gasteiger partial charge is 0.497 e. The van der Waals surface area contributed by atoms with Gasteiger partial charge in [-0.25, -0.2) is 4.98 Å². The number of amidine groups is 1. The number of aromatic amines is 1. The summed E-state index contributed by atoms with van der Waals surface area (Å²) in [7, 11) is 6.53. The van der Waals surface area contributed by atoms with Crippen molar-refractivity contribution in [2.75, 3.05) is 39.9 Å². The maximum Gasteiger partial charge on any atom is 0.176 e. The predicted octanol–water partition coefficient (Wildman–Crippen LogP) is 3.58. The molecular formula is C24H28N4O4. The van der Waals surface area contributed by atoms with Crippen molar-refractivity contribution in [2.24, 2.45) is 4.99 Å². The Kier molecular flexibility index (Phi) is 5.88. The second kappa shape index (κ2) is 8.63. The summed E-state index contributed by atoms with van der Waals surface area (Å²) in [5, 5.41) is 0. The lowest BCUT2D eigenvalue weighted by Crippen LogP contribution is -2.48. The Balaban J connectivity index is 1.89. The second-order valence-corrected chi connectivity index (χ2v) is 7.94. The fraction of sp³-hybridized carbons (Fsp3) is 0.375. The van der Waals surface area contributed by atoms with Crippen LogP contribution in [0.1, 0.15) is 25.1 Å². The number of nitrogens with zero attached hydrogens (tertiary/aromatic N) is 3. The van der Waals surface area contributed by atoms with E-state index < -0.39 is 11.5 Å². The number of aliphatic imine (C=N–C) groups is 1. The molecule has 8 heteroatoms. The Morgan fingerprint density at radius 3 is 2.41 bits per heavy atom. The Morgan fingerprint density at radius 1 is 1.12 bits per heavy atom. The molecule has 8 nitrogen and oxygen atoms in total. The van der Waals surface area contributed by atoms with Gasteiger partial charge in [0.2, 0.25) is 0 Å². The van der Waals surface area contributed by atoms with Crippen molar-refractivity contribution in [1.82, 2.24) is 9.97 Å². The summed E-state index contributed by atoms with van der Waals surface area (Å²) in [4.78, 5) is 28.6. The van der Waals surface area contributed by atoms with Crippen molar-refractivity contribution in [3.63, 3.8) is 0 Å². The molecule has 32 heavy (non-hydrogen) atoms. The topological polar surface area (TPSA) is 89.0 Å². The highest BCUT2D eigenvalue weighted by Crippen LogP contribution is 2.44. The van der Waals surface area contributed by atoms with Crippen molar-refractivity contribution < 1.29 is 19.0 Å². The van der Waals surface area contributed by atoms with E-state index in [4.69, 9.17) is 19.2 Å². The third kappa shape index (κ3) is 3.50. The van der Waals surface area contributed by atoms with Gasteiger partial charge >= 0.3 is 0 Å². The number of carbonyl (C=O) groups is 1. The van der Waals surface area contributed by atoms with Gasteiger partial charge in [0.25, 0.3) is 0 Å². The molecule has 1 saturated heterocycles. The van der Waals surface area contributed by atoms with Gasteiger partial charge in [0, 0.05) is 45.4 Å². The second-order valence-electron chi connectivity index (χ2n) is 7.94. The van der Waals surface area contributed by atoms with Gasteiger partial charge in [-0.15, -0.1) is 0 Å². The number of nitrogens with one attached hydrogen (secondary N) is 1. The molecule has 0 spiro atoms. The highest BCUT2D eigenvalue weighted by Gasteiger charge is 2.55. The van der Waals surface area contributed by atoms with E-state index in [0.29, 0.717) is 36.2 Å². The molecule has 1 aliphatic heterocycles. The monoisotopic (exact) mass is 436 g/mol. The molecule has 0 radical (unpaired) electrons. The third-order valence-corrected chi connectivity index (χ3v) is 6.07. The Labute approximate surface area is 187 Å². The lowest BCUT2D eigenvalue weighted by atomic mass is 9.88. The first-order chi connectivity index (χ1) is 15.5. The molecule has 0 amide bonds. The molecule has 1 aliphatic rings. The number of methoxy groups -OCH3 is 3. The number of hydrogen-bond donors (Lipinski definition) is 1. The van der Waals surface area contributed by atoms with Crippen molar-refractivity contribution in [2.45, 2.75) is 24.8 Å². The fourth-order valence-electron chi connectivity index (χ4n) is 4.38. The molecule has 2 atom stereocenters. The SMILES string of the molecule is CN=C1C(c2nc3ccccc3[nH]2)C(=O)C(C)(CCOC)N1c1cc(OC)cc(OC)c1.